The molecule has 3 rings (SSSR count). The monoisotopic (exact) mass is 359 g/mol. The van der Waals surface area contributed by atoms with E-state index in [1.54, 1.807) is 29.2 Å². The van der Waals surface area contributed by atoms with Crippen molar-refractivity contribution in [3.63, 3.8) is 0 Å². The van der Waals surface area contributed by atoms with E-state index in [0.717, 1.165) is 17.8 Å². The Morgan fingerprint density at radius 3 is 1.70 bits per heavy atom. The topological polar surface area (TPSA) is 46.6 Å². The molecular formula is C23H21NO3. The van der Waals surface area contributed by atoms with Crippen molar-refractivity contribution in [3.8, 4) is 0 Å². The number of nitrogens with zero attached hydrogens (tertiary/aromatic N) is 1. The Hall–Kier alpha value is -3.40. The van der Waals surface area contributed by atoms with E-state index in [1.807, 2.05) is 67.6 Å². The average molecular weight is 359 g/mol. The Morgan fingerprint density at radius 1 is 0.741 bits per heavy atom. The van der Waals surface area contributed by atoms with Crippen molar-refractivity contribution in [2.45, 2.75) is 13.3 Å². The van der Waals surface area contributed by atoms with Crippen LogP contribution in [0.25, 0.3) is 0 Å². The molecule has 0 aliphatic carbocycles. The van der Waals surface area contributed by atoms with Gasteiger partial charge in [0, 0.05) is 16.9 Å². The highest BCUT2D eigenvalue weighted by atomic mass is 16.5. The zero-order valence-electron chi connectivity index (χ0n) is 15.2. The van der Waals surface area contributed by atoms with Gasteiger partial charge in [0.2, 0.25) is 0 Å². The van der Waals surface area contributed by atoms with Crippen molar-refractivity contribution in [1.82, 2.24) is 0 Å². The zero-order chi connectivity index (χ0) is 19.1. The van der Waals surface area contributed by atoms with Gasteiger partial charge in [0.15, 0.2) is 0 Å². The predicted octanol–water partition coefficient (Wildman–Crippen LogP) is 5.23. The van der Waals surface area contributed by atoms with Gasteiger partial charge in [-0.05, 0) is 55.0 Å². The lowest BCUT2D eigenvalue weighted by Crippen LogP contribution is -2.25. The number of carbonyl (C=O) groups is 2. The van der Waals surface area contributed by atoms with E-state index < -0.39 is 0 Å². The largest absolute Gasteiger partial charge is 0.462 e. The molecule has 0 heterocycles. The number of rotatable bonds is 6. The summed E-state index contributed by atoms with van der Waals surface area (Å²) < 4.78 is 5.13. The number of anilines is 2. The molecule has 27 heavy (non-hydrogen) atoms. The molecule has 0 aromatic heterocycles. The van der Waals surface area contributed by atoms with E-state index in [9.17, 15) is 9.59 Å². The number of ether oxygens (including phenoxy) is 1. The third-order valence-electron chi connectivity index (χ3n) is 4.04. The van der Waals surface area contributed by atoms with Crippen LogP contribution in [0.1, 0.15) is 34.1 Å². The van der Waals surface area contributed by atoms with Gasteiger partial charge in [0.25, 0.3) is 5.91 Å². The van der Waals surface area contributed by atoms with Crippen LogP contribution in [-0.4, -0.2) is 18.5 Å². The Kier molecular flexibility index (Phi) is 6.00. The molecule has 0 saturated carbocycles. The van der Waals surface area contributed by atoms with Crippen LogP contribution in [0.3, 0.4) is 0 Å². The van der Waals surface area contributed by atoms with E-state index in [-0.39, 0.29) is 11.9 Å². The standard InChI is InChI=1S/C23H21NO3/c1-2-17-27-23(26)19-15-13-18(14-16-19)22(25)24(20-9-5-3-6-10-20)21-11-7-4-8-12-21/h3-16H,2,17H2,1H3. The fourth-order valence-corrected chi connectivity index (χ4v) is 2.69. The highest BCUT2D eigenvalue weighted by Gasteiger charge is 2.20. The third kappa shape index (κ3) is 4.42. The molecule has 0 aliphatic heterocycles. The fraction of sp³-hybridized carbons (Fsp3) is 0.130. The number of carbonyl (C=O) groups excluding carboxylic acids is 2. The van der Waals surface area contributed by atoms with Gasteiger partial charge in [-0.15, -0.1) is 0 Å². The van der Waals surface area contributed by atoms with Gasteiger partial charge in [0.05, 0.1) is 12.2 Å². The smallest absolute Gasteiger partial charge is 0.338 e. The number of hydrogen-bond donors (Lipinski definition) is 0. The highest BCUT2D eigenvalue weighted by molar-refractivity contribution is 6.11. The van der Waals surface area contributed by atoms with Crippen molar-refractivity contribution in [3.05, 3.63) is 96.1 Å². The van der Waals surface area contributed by atoms with Crippen molar-refractivity contribution < 1.29 is 14.3 Å². The van der Waals surface area contributed by atoms with Crippen LogP contribution in [0.5, 0.6) is 0 Å². The highest BCUT2D eigenvalue weighted by Crippen LogP contribution is 2.27. The first kappa shape index (κ1) is 18.4. The summed E-state index contributed by atoms with van der Waals surface area (Å²) in [7, 11) is 0. The zero-order valence-corrected chi connectivity index (χ0v) is 15.2. The van der Waals surface area contributed by atoms with Gasteiger partial charge in [-0.3, -0.25) is 9.69 Å². The molecule has 1 amide bonds. The summed E-state index contributed by atoms with van der Waals surface area (Å²) in [6.45, 7) is 2.33. The Labute approximate surface area is 159 Å². The second-order valence-corrected chi connectivity index (χ2v) is 6.02. The maximum absolute atomic E-state index is 13.2. The Morgan fingerprint density at radius 2 is 1.22 bits per heavy atom. The van der Waals surface area contributed by atoms with Gasteiger partial charge >= 0.3 is 5.97 Å². The van der Waals surface area contributed by atoms with Gasteiger partial charge in [-0.1, -0.05) is 43.3 Å². The van der Waals surface area contributed by atoms with Crippen LogP contribution in [0.4, 0.5) is 11.4 Å². The molecule has 0 radical (unpaired) electrons. The summed E-state index contributed by atoms with van der Waals surface area (Å²) in [6.07, 6.45) is 0.769. The molecule has 0 bridgehead atoms. The summed E-state index contributed by atoms with van der Waals surface area (Å²) in [5, 5.41) is 0. The lowest BCUT2D eigenvalue weighted by atomic mass is 10.1. The summed E-state index contributed by atoms with van der Waals surface area (Å²) in [4.78, 5) is 26.8. The van der Waals surface area contributed by atoms with E-state index in [0.29, 0.717) is 17.7 Å². The molecule has 0 spiro atoms. The molecule has 4 nitrogen and oxygen atoms in total. The van der Waals surface area contributed by atoms with E-state index in [2.05, 4.69) is 0 Å². The molecule has 3 aromatic rings. The molecule has 4 heteroatoms. The van der Waals surface area contributed by atoms with Crippen LogP contribution in [0, 0.1) is 0 Å². The number of hydrogen-bond acceptors (Lipinski definition) is 3. The van der Waals surface area contributed by atoms with Crippen LogP contribution in [0.15, 0.2) is 84.9 Å². The van der Waals surface area contributed by atoms with Crippen LogP contribution in [-0.2, 0) is 4.74 Å². The molecule has 0 N–H and O–H groups in total. The molecule has 0 fully saturated rings. The minimum Gasteiger partial charge on any atom is -0.462 e. The van der Waals surface area contributed by atoms with E-state index in [4.69, 9.17) is 4.74 Å². The minimum atomic E-state index is -0.376. The lowest BCUT2D eigenvalue weighted by molar-refractivity contribution is 0.0505. The maximum atomic E-state index is 13.2. The van der Waals surface area contributed by atoms with Gasteiger partial charge in [0.1, 0.15) is 0 Å². The molecule has 136 valence electrons. The van der Waals surface area contributed by atoms with Crippen LogP contribution in [0.2, 0.25) is 0 Å². The normalized spacial score (nSPS) is 10.3. The minimum absolute atomic E-state index is 0.166. The summed E-state index contributed by atoms with van der Waals surface area (Å²) in [5.41, 5.74) is 2.49. The van der Waals surface area contributed by atoms with Crippen LogP contribution >= 0.6 is 0 Å². The van der Waals surface area contributed by atoms with Gasteiger partial charge in [-0.2, -0.15) is 0 Å². The van der Waals surface area contributed by atoms with Gasteiger partial charge < -0.3 is 4.74 Å². The third-order valence-corrected chi connectivity index (χ3v) is 4.04. The number of para-hydroxylation sites is 2. The second-order valence-electron chi connectivity index (χ2n) is 6.02. The fourth-order valence-electron chi connectivity index (χ4n) is 2.69. The summed E-state index contributed by atoms with van der Waals surface area (Å²) in [6, 6.07) is 25.5. The lowest BCUT2D eigenvalue weighted by Gasteiger charge is -2.23. The molecule has 0 saturated heterocycles. The summed E-state index contributed by atoms with van der Waals surface area (Å²) >= 11 is 0. The molecule has 0 atom stereocenters. The Bertz CT molecular complexity index is 850. The Balaban J connectivity index is 1.90. The van der Waals surface area contributed by atoms with Crippen molar-refractivity contribution in [1.29, 1.82) is 0 Å². The number of benzene rings is 3. The maximum Gasteiger partial charge on any atom is 0.338 e. The van der Waals surface area contributed by atoms with Gasteiger partial charge in [-0.25, -0.2) is 4.79 Å². The number of amides is 1. The van der Waals surface area contributed by atoms with Crippen molar-refractivity contribution in [2.75, 3.05) is 11.5 Å². The first-order valence-corrected chi connectivity index (χ1v) is 8.92. The average Bonchev–Trinajstić information content (AvgIpc) is 2.74. The van der Waals surface area contributed by atoms with Crippen LogP contribution < -0.4 is 4.90 Å². The molecule has 0 unspecified atom stereocenters. The second kappa shape index (κ2) is 8.81. The van der Waals surface area contributed by atoms with Crippen molar-refractivity contribution in [2.24, 2.45) is 0 Å². The predicted molar refractivity (Wildman–Crippen MR) is 106 cm³/mol. The first-order chi connectivity index (χ1) is 13.2. The first-order valence-electron chi connectivity index (χ1n) is 8.92. The van der Waals surface area contributed by atoms with Crippen molar-refractivity contribution >= 4 is 23.3 Å². The molecular weight excluding hydrogens is 338 g/mol. The number of esters is 1. The SMILES string of the molecule is CCCOC(=O)c1ccc(C(=O)N(c2ccccc2)c2ccccc2)cc1. The molecule has 0 aliphatic rings. The summed E-state index contributed by atoms with van der Waals surface area (Å²) in [5.74, 6) is -0.542. The molecule has 3 aromatic carbocycles. The van der Waals surface area contributed by atoms with E-state index in [1.165, 1.54) is 0 Å². The quantitative estimate of drug-likeness (QED) is 0.566. The van der Waals surface area contributed by atoms with E-state index >= 15 is 0 Å².